The molecule has 3 aliphatic rings. The zero-order valence-electron chi connectivity index (χ0n) is 11.0. The first-order chi connectivity index (χ1) is 8.40. The van der Waals surface area contributed by atoms with Crippen LogP contribution >= 0.6 is 0 Å². The van der Waals surface area contributed by atoms with Crippen molar-refractivity contribution in [3.8, 4) is 0 Å². The molecule has 0 aromatic rings. The molecule has 0 unspecified atom stereocenters. The number of hydrogen-bond donors (Lipinski definition) is 1. The van der Waals surface area contributed by atoms with Crippen molar-refractivity contribution < 1.29 is 14.7 Å². The molecule has 5 nitrogen and oxygen atoms in total. The molecule has 1 saturated heterocycles. The van der Waals surface area contributed by atoms with E-state index in [0.717, 1.165) is 38.5 Å². The van der Waals surface area contributed by atoms with Crippen LogP contribution < -0.4 is 0 Å². The predicted octanol–water partition coefficient (Wildman–Crippen LogP) is 0.964. The van der Waals surface area contributed by atoms with Crippen LogP contribution in [0.1, 0.15) is 38.5 Å². The molecule has 3 fully saturated rings. The molecule has 0 aromatic heterocycles. The van der Waals surface area contributed by atoms with Crippen molar-refractivity contribution >= 4 is 11.9 Å². The van der Waals surface area contributed by atoms with E-state index in [-0.39, 0.29) is 23.5 Å². The molecule has 0 bridgehead atoms. The number of rotatable bonds is 0. The number of hydrogen-bond acceptors (Lipinski definition) is 3. The minimum Gasteiger partial charge on any atom is -0.393 e. The lowest BCUT2D eigenvalue weighted by Gasteiger charge is -2.57. The Morgan fingerprint density at radius 2 is 1.72 bits per heavy atom. The van der Waals surface area contributed by atoms with E-state index in [9.17, 15) is 14.7 Å². The number of amides is 3. The fraction of sp³-hybridized carbons (Fsp3) is 0.846. The topological polar surface area (TPSA) is 60.9 Å². The minimum absolute atomic E-state index is 0.0493. The van der Waals surface area contributed by atoms with Crippen LogP contribution in [0.15, 0.2) is 0 Å². The fourth-order valence-electron chi connectivity index (χ4n) is 4.10. The third-order valence-corrected chi connectivity index (χ3v) is 5.27. The van der Waals surface area contributed by atoms with E-state index in [0.29, 0.717) is 0 Å². The zero-order valence-corrected chi connectivity index (χ0v) is 11.0. The van der Waals surface area contributed by atoms with E-state index in [1.807, 2.05) is 0 Å². The number of urea groups is 1. The van der Waals surface area contributed by atoms with Gasteiger partial charge >= 0.3 is 6.03 Å². The second-order valence-corrected chi connectivity index (χ2v) is 6.32. The van der Waals surface area contributed by atoms with Gasteiger partial charge in [-0.3, -0.25) is 9.69 Å². The highest BCUT2D eigenvalue weighted by Crippen LogP contribution is 2.60. The van der Waals surface area contributed by atoms with Crippen LogP contribution in [0.3, 0.4) is 0 Å². The van der Waals surface area contributed by atoms with Gasteiger partial charge in [-0.1, -0.05) is 0 Å². The Morgan fingerprint density at radius 1 is 1.17 bits per heavy atom. The smallest absolute Gasteiger partial charge is 0.327 e. The number of aliphatic hydroxyl groups excluding tert-OH is 1. The van der Waals surface area contributed by atoms with Crippen molar-refractivity contribution in [1.82, 2.24) is 9.80 Å². The number of imide groups is 1. The Bertz CT molecular complexity index is 404. The van der Waals surface area contributed by atoms with Crippen molar-refractivity contribution in [1.29, 1.82) is 0 Å². The quantitative estimate of drug-likeness (QED) is 0.653. The Balaban J connectivity index is 1.78. The van der Waals surface area contributed by atoms with Crippen LogP contribution in [0, 0.1) is 5.41 Å². The standard InChI is InChI=1S/C13H20N2O3/c1-14-10(17)13(15(2)11(14)18)7-12(8-13)5-3-9(16)4-6-12/h9,16H,3-8H2,1-2H3. The van der Waals surface area contributed by atoms with Gasteiger partial charge in [-0.05, 0) is 43.9 Å². The summed E-state index contributed by atoms with van der Waals surface area (Å²) in [5.41, 5.74) is -0.386. The molecule has 1 aliphatic heterocycles. The lowest BCUT2D eigenvalue weighted by molar-refractivity contribution is -0.149. The third kappa shape index (κ3) is 1.31. The van der Waals surface area contributed by atoms with E-state index in [1.54, 1.807) is 19.0 Å². The predicted molar refractivity (Wildman–Crippen MR) is 64.8 cm³/mol. The van der Waals surface area contributed by atoms with E-state index in [1.165, 1.54) is 4.90 Å². The third-order valence-electron chi connectivity index (χ3n) is 5.27. The number of aliphatic hydroxyl groups is 1. The summed E-state index contributed by atoms with van der Waals surface area (Å²) >= 11 is 0. The van der Waals surface area contributed by atoms with Gasteiger partial charge in [0.25, 0.3) is 5.91 Å². The molecular formula is C13H20N2O3. The fourth-order valence-corrected chi connectivity index (χ4v) is 4.10. The highest BCUT2D eigenvalue weighted by atomic mass is 16.3. The minimum atomic E-state index is -0.575. The number of carbonyl (C=O) groups excluding carboxylic acids is 2. The van der Waals surface area contributed by atoms with E-state index in [2.05, 4.69) is 0 Å². The molecule has 18 heavy (non-hydrogen) atoms. The first kappa shape index (κ1) is 12.0. The Morgan fingerprint density at radius 3 is 2.17 bits per heavy atom. The van der Waals surface area contributed by atoms with Crippen molar-refractivity contribution in [3.63, 3.8) is 0 Å². The lowest BCUT2D eigenvalue weighted by atomic mass is 9.51. The van der Waals surface area contributed by atoms with Gasteiger partial charge in [-0.25, -0.2) is 4.79 Å². The van der Waals surface area contributed by atoms with Gasteiger partial charge in [0.05, 0.1) is 6.10 Å². The molecule has 3 rings (SSSR count). The molecule has 2 aliphatic carbocycles. The monoisotopic (exact) mass is 252 g/mol. The van der Waals surface area contributed by atoms with Gasteiger partial charge < -0.3 is 10.0 Å². The van der Waals surface area contributed by atoms with Crippen LogP contribution in [-0.4, -0.2) is 52.6 Å². The van der Waals surface area contributed by atoms with E-state index in [4.69, 9.17) is 0 Å². The first-order valence-corrected chi connectivity index (χ1v) is 6.64. The summed E-state index contributed by atoms with van der Waals surface area (Å²) in [6, 6.07) is -0.189. The number of nitrogens with zero attached hydrogens (tertiary/aromatic N) is 2. The SMILES string of the molecule is CN1C(=O)N(C)C2(CC3(CCC(O)CC3)C2)C1=O. The summed E-state index contributed by atoms with van der Waals surface area (Å²) in [5, 5.41) is 9.57. The van der Waals surface area contributed by atoms with Gasteiger partial charge in [0.15, 0.2) is 0 Å². The zero-order chi connectivity index (χ0) is 13.1. The maximum atomic E-state index is 12.2. The summed E-state index contributed by atoms with van der Waals surface area (Å²) in [7, 11) is 3.29. The number of carbonyl (C=O) groups is 2. The van der Waals surface area contributed by atoms with Crippen molar-refractivity contribution in [2.45, 2.75) is 50.2 Å². The van der Waals surface area contributed by atoms with Gasteiger partial charge in [-0.2, -0.15) is 0 Å². The summed E-state index contributed by atoms with van der Waals surface area (Å²) < 4.78 is 0. The van der Waals surface area contributed by atoms with Crippen molar-refractivity contribution in [2.75, 3.05) is 14.1 Å². The molecule has 0 atom stereocenters. The lowest BCUT2D eigenvalue weighted by Crippen LogP contribution is -2.63. The molecule has 2 saturated carbocycles. The molecular weight excluding hydrogens is 232 g/mol. The summed E-state index contributed by atoms with van der Waals surface area (Å²) in [4.78, 5) is 26.9. The van der Waals surface area contributed by atoms with E-state index >= 15 is 0 Å². The average molecular weight is 252 g/mol. The second kappa shape index (κ2) is 3.47. The van der Waals surface area contributed by atoms with Gasteiger partial charge in [0.2, 0.25) is 0 Å². The molecule has 100 valence electrons. The van der Waals surface area contributed by atoms with Crippen LogP contribution in [0.25, 0.3) is 0 Å². The first-order valence-electron chi connectivity index (χ1n) is 6.64. The summed E-state index contributed by atoms with van der Waals surface area (Å²) in [6.45, 7) is 0. The number of likely N-dealkylation sites (N-methyl/N-ethyl adjacent to an activating group) is 2. The van der Waals surface area contributed by atoms with Crippen LogP contribution in [0.5, 0.6) is 0 Å². The average Bonchev–Trinajstić information content (AvgIpc) is 2.47. The Labute approximate surface area is 107 Å². The largest absolute Gasteiger partial charge is 0.393 e. The van der Waals surface area contributed by atoms with Crippen LogP contribution in [0.2, 0.25) is 0 Å². The van der Waals surface area contributed by atoms with Crippen LogP contribution in [-0.2, 0) is 4.79 Å². The van der Waals surface area contributed by atoms with Gasteiger partial charge in [-0.15, -0.1) is 0 Å². The molecule has 2 spiro atoms. The Hall–Kier alpha value is -1.10. The van der Waals surface area contributed by atoms with Crippen molar-refractivity contribution in [3.05, 3.63) is 0 Å². The van der Waals surface area contributed by atoms with Crippen molar-refractivity contribution in [2.24, 2.45) is 5.41 Å². The molecule has 1 heterocycles. The Kier molecular flexibility index (Phi) is 2.31. The summed E-state index contributed by atoms with van der Waals surface area (Å²) in [6.07, 6.45) is 5.00. The second-order valence-electron chi connectivity index (χ2n) is 6.32. The van der Waals surface area contributed by atoms with Crippen LogP contribution in [0.4, 0.5) is 4.79 Å². The highest BCUT2D eigenvalue weighted by Gasteiger charge is 2.66. The molecule has 5 heteroatoms. The van der Waals surface area contributed by atoms with Gasteiger partial charge in [0.1, 0.15) is 5.54 Å². The van der Waals surface area contributed by atoms with Gasteiger partial charge in [0, 0.05) is 14.1 Å². The van der Waals surface area contributed by atoms with E-state index < -0.39 is 5.54 Å². The normalized spacial score (nSPS) is 44.1. The maximum absolute atomic E-state index is 12.2. The maximum Gasteiger partial charge on any atom is 0.327 e. The highest BCUT2D eigenvalue weighted by molar-refractivity contribution is 6.07. The molecule has 1 N–H and O–H groups in total. The summed E-state index contributed by atoms with van der Waals surface area (Å²) in [5.74, 6) is -0.0493. The molecule has 0 aromatic carbocycles. The molecule has 3 amide bonds. The molecule has 0 radical (unpaired) electrons.